The molecule has 1 aromatic carbocycles. The third-order valence-corrected chi connectivity index (χ3v) is 6.52. The number of rotatable bonds is 3. The van der Waals surface area contributed by atoms with Crippen LogP contribution in [0.25, 0.3) is 0 Å². The van der Waals surface area contributed by atoms with E-state index < -0.39 is 21.1 Å². The molecule has 2 rings (SSSR count). The van der Waals surface area contributed by atoms with Crippen molar-refractivity contribution in [3.05, 3.63) is 27.7 Å². The van der Waals surface area contributed by atoms with Gasteiger partial charge >= 0.3 is 5.97 Å². The molecule has 1 heterocycles. The maximum Gasteiger partial charge on any atom is 0.335 e. The third-order valence-electron chi connectivity index (χ3n) is 3.41. The average molecular weight is 363 g/mol. The van der Waals surface area contributed by atoms with Gasteiger partial charge in [-0.1, -0.05) is 15.9 Å². The van der Waals surface area contributed by atoms with E-state index in [0.717, 1.165) is 0 Å². The van der Waals surface area contributed by atoms with Crippen molar-refractivity contribution in [2.75, 3.05) is 13.2 Å². The van der Waals surface area contributed by atoms with E-state index in [1.54, 1.807) is 6.92 Å². The van der Waals surface area contributed by atoms with Gasteiger partial charge in [0.25, 0.3) is 0 Å². The van der Waals surface area contributed by atoms with Crippen molar-refractivity contribution in [2.45, 2.75) is 29.9 Å². The summed E-state index contributed by atoms with van der Waals surface area (Å²) in [6, 6.07) is 2.64. The molecule has 5 nitrogen and oxygen atoms in total. The number of aromatic carboxylic acids is 1. The summed E-state index contributed by atoms with van der Waals surface area (Å²) in [6.45, 7) is 2.40. The van der Waals surface area contributed by atoms with Crippen LogP contribution in [0, 0.1) is 6.92 Å². The van der Waals surface area contributed by atoms with Gasteiger partial charge < -0.3 is 9.84 Å². The van der Waals surface area contributed by atoms with Crippen molar-refractivity contribution in [3.8, 4) is 0 Å². The Kier molecular flexibility index (Phi) is 4.51. The van der Waals surface area contributed by atoms with Crippen molar-refractivity contribution < 1.29 is 23.1 Å². The van der Waals surface area contributed by atoms with Crippen LogP contribution in [0.3, 0.4) is 0 Å². The van der Waals surface area contributed by atoms with Crippen molar-refractivity contribution in [1.29, 1.82) is 0 Å². The molecule has 0 spiro atoms. The fourth-order valence-electron chi connectivity index (χ4n) is 2.21. The van der Waals surface area contributed by atoms with Gasteiger partial charge in [0, 0.05) is 11.1 Å². The molecule has 1 N–H and O–H groups in total. The zero-order valence-corrected chi connectivity index (χ0v) is 13.3. The number of hydrogen-bond acceptors (Lipinski definition) is 4. The molecular formula is C13H15BrO5S. The Labute approximate surface area is 126 Å². The number of halogens is 1. The van der Waals surface area contributed by atoms with Crippen LogP contribution in [0.5, 0.6) is 0 Å². The Hall–Kier alpha value is -0.920. The Bertz CT molecular complexity index is 632. The Morgan fingerprint density at radius 1 is 1.45 bits per heavy atom. The number of ether oxygens (including phenoxy) is 1. The normalized spacial score (nSPS) is 19.8. The standard InChI is InChI=1S/C13H15BrO5S/c1-8-11(14)5-9(13(15)16)6-12(8)20(17,18)10-3-2-4-19-7-10/h5-6,10H,2-4,7H2,1H3,(H,15,16). The van der Waals surface area contributed by atoms with Gasteiger partial charge in [0.05, 0.1) is 22.3 Å². The molecule has 7 heteroatoms. The molecule has 0 aliphatic carbocycles. The van der Waals surface area contributed by atoms with Gasteiger partial charge in [-0.25, -0.2) is 13.2 Å². The molecule has 1 aliphatic rings. The van der Waals surface area contributed by atoms with Crippen LogP contribution in [0.4, 0.5) is 0 Å². The summed E-state index contributed by atoms with van der Waals surface area (Å²) in [7, 11) is -3.59. The van der Waals surface area contributed by atoms with Crippen LogP contribution in [-0.4, -0.2) is 38.0 Å². The predicted octanol–water partition coefficient (Wildman–Crippen LogP) is 2.41. The number of benzene rings is 1. The van der Waals surface area contributed by atoms with Crippen LogP contribution in [-0.2, 0) is 14.6 Å². The lowest BCUT2D eigenvalue weighted by atomic mass is 10.1. The van der Waals surface area contributed by atoms with Crippen LogP contribution in [0.15, 0.2) is 21.5 Å². The predicted molar refractivity (Wildman–Crippen MR) is 76.9 cm³/mol. The number of carboxylic acids is 1. The van der Waals surface area contributed by atoms with E-state index >= 15 is 0 Å². The molecule has 110 valence electrons. The van der Waals surface area contributed by atoms with Crippen molar-refractivity contribution in [1.82, 2.24) is 0 Å². The number of carboxylic acid groups (broad SMARTS) is 1. The third kappa shape index (κ3) is 2.89. The molecule has 0 bridgehead atoms. The second-order valence-electron chi connectivity index (χ2n) is 4.77. The molecule has 0 amide bonds. The lowest BCUT2D eigenvalue weighted by molar-refractivity contribution is 0.0696. The first-order valence-corrected chi connectivity index (χ1v) is 8.53. The van der Waals surface area contributed by atoms with E-state index in [2.05, 4.69) is 15.9 Å². The van der Waals surface area contributed by atoms with Gasteiger partial charge in [0.15, 0.2) is 9.84 Å². The first kappa shape index (κ1) is 15.5. The van der Waals surface area contributed by atoms with Crippen LogP contribution in [0.2, 0.25) is 0 Å². The largest absolute Gasteiger partial charge is 0.478 e. The summed E-state index contributed by atoms with van der Waals surface area (Å²) in [5.41, 5.74) is 0.485. The Morgan fingerprint density at radius 3 is 2.70 bits per heavy atom. The minimum atomic E-state index is -3.59. The maximum atomic E-state index is 12.6. The monoisotopic (exact) mass is 362 g/mol. The molecule has 1 fully saturated rings. The van der Waals surface area contributed by atoms with Crippen LogP contribution in [0.1, 0.15) is 28.8 Å². The van der Waals surface area contributed by atoms with Gasteiger partial charge in [0.1, 0.15) is 0 Å². The highest BCUT2D eigenvalue weighted by Gasteiger charge is 2.32. The molecule has 20 heavy (non-hydrogen) atoms. The molecule has 0 aromatic heterocycles. The molecule has 1 saturated heterocycles. The topological polar surface area (TPSA) is 80.7 Å². The highest BCUT2D eigenvalue weighted by molar-refractivity contribution is 9.10. The second kappa shape index (κ2) is 5.83. The molecule has 0 radical (unpaired) electrons. The molecule has 1 unspecified atom stereocenters. The van der Waals surface area contributed by atoms with Crippen molar-refractivity contribution >= 4 is 31.7 Å². The molecular weight excluding hydrogens is 348 g/mol. The summed E-state index contributed by atoms with van der Waals surface area (Å²) in [5.74, 6) is -1.15. The van der Waals surface area contributed by atoms with Gasteiger partial charge in [-0.05, 0) is 37.5 Å². The minimum Gasteiger partial charge on any atom is -0.478 e. The highest BCUT2D eigenvalue weighted by atomic mass is 79.9. The second-order valence-corrected chi connectivity index (χ2v) is 7.82. The zero-order chi connectivity index (χ0) is 14.9. The SMILES string of the molecule is Cc1c(Br)cc(C(=O)O)cc1S(=O)(=O)C1CCCOC1. The molecule has 1 aliphatic heterocycles. The highest BCUT2D eigenvalue weighted by Crippen LogP contribution is 2.30. The van der Waals surface area contributed by atoms with E-state index in [9.17, 15) is 13.2 Å². The van der Waals surface area contributed by atoms with E-state index in [4.69, 9.17) is 9.84 Å². The quantitative estimate of drug-likeness (QED) is 0.892. The van der Waals surface area contributed by atoms with Gasteiger partial charge in [-0.15, -0.1) is 0 Å². The smallest absolute Gasteiger partial charge is 0.335 e. The minimum absolute atomic E-state index is 0.0437. The van der Waals surface area contributed by atoms with E-state index in [1.165, 1.54) is 12.1 Å². The van der Waals surface area contributed by atoms with E-state index in [1.807, 2.05) is 0 Å². The summed E-state index contributed by atoms with van der Waals surface area (Å²) in [4.78, 5) is 11.1. The Balaban J connectivity index is 2.52. The fourth-order valence-corrected chi connectivity index (χ4v) is 4.74. The van der Waals surface area contributed by atoms with Crippen molar-refractivity contribution in [2.24, 2.45) is 0 Å². The summed E-state index contributed by atoms with van der Waals surface area (Å²) in [6.07, 6.45) is 1.24. The summed E-state index contributed by atoms with van der Waals surface area (Å²) in [5, 5.41) is 8.45. The van der Waals surface area contributed by atoms with Gasteiger partial charge in [0.2, 0.25) is 0 Å². The Morgan fingerprint density at radius 2 is 2.15 bits per heavy atom. The first-order chi connectivity index (χ1) is 9.34. The van der Waals surface area contributed by atoms with Crippen molar-refractivity contribution in [3.63, 3.8) is 0 Å². The summed E-state index contributed by atoms with van der Waals surface area (Å²) >= 11 is 3.22. The van der Waals surface area contributed by atoms with Gasteiger partial charge in [-0.3, -0.25) is 0 Å². The lowest BCUT2D eigenvalue weighted by Gasteiger charge is -2.23. The van der Waals surface area contributed by atoms with E-state index in [-0.39, 0.29) is 17.1 Å². The zero-order valence-electron chi connectivity index (χ0n) is 10.9. The number of hydrogen-bond donors (Lipinski definition) is 1. The van der Waals surface area contributed by atoms with Crippen LogP contribution < -0.4 is 0 Å². The number of sulfone groups is 1. The lowest BCUT2D eigenvalue weighted by Crippen LogP contribution is -2.31. The summed E-state index contributed by atoms with van der Waals surface area (Å²) < 4.78 is 31.0. The first-order valence-electron chi connectivity index (χ1n) is 6.19. The van der Waals surface area contributed by atoms with Gasteiger partial charge in [-0.2, -0.15) is 0 Å². The molecule has 1 atom stereocenters. The fraction of sp³-hybridized carbons (Fsp3) is 0.462. The van der Waals surface area contributed by atoms with E-state index in [0.29, 0.717) is 29.5 Å². The molecule has 1 aromatic rings. The average Bonchev–Trinajstić information content (AvgIpc) is 2.42. The molecule has 0 saturated carbocycles. The number of carbonyl (C=O) groups is 1. The van der Waals surface area contributed by atoms with Crippen LogP contribution >= 0.6 is 15.9 Å². The maximum absolute atomic E-state index is 12.6.